The molecule has 28 heavy (non-hydrogen) atoms. The predicted molar refractivity (Wildman–Crippen MR) is 105 cm³/mol. The lowest BCUT2D eigenvalue weighted by Crippen LogP contribution is -2.27. The average Bonchev–Trinajstić information content (AvgIpc) is 2.70. The summed E-state index contributed by atoms with van der Waals surface area (Å²) in [4.78, 5) is 19.5. The minimum absolute atomic E-state index is 0.111. The van der Waals surface area contributed by atoms with E-state index in [1.165, 1.54) is 18.5 Å². The highest BCUT2D eigenvalue weighted by Gasteiger charge is 2.21. The van der Waals surface area contributed by atoms with Gasteiger partial charge in [-0.1, -0.05) is 23.7 Å². The molecule has 2 aromatic carbocycles. The molecule has 0 spiro atoms. The molecule has 0 amide bonds. The van der Waals surface area contributed by atoms with Gasteiger partial charge in [0, 0.05) is 28.4 Å². The number of nitrogens with one attached hydrogen (secondary N) is 1. The molecule has 0 fully saturated rings. The van der Waals surface area contributed by atoms with Crippen molar-refractivity contribution in [3.63, 3.8) is 0 Å². The Balaban J connectivity index is 1.93. The summed E-state index contributed by atoms with van der Waals surface area (Å²) in [6.45, 7) is 2.91. The Labute approximate surface area is 167 Å². The summed E-state index contributed by atoms with van der Waals surface area (Å²) in [7, 11) is 0. The Hall–Kier alpha value is -2.83. The first-order valence-corrected chi connectivity index (χ1v) is 9.07. The van der Waals surface area contributed by atoms with Gasteiger partial charge >= 0.3 is 0 Å². The van der Waals surface area contributed by atoms with Gasteiger partial charge < -0.3 is 10.1 Å². The summed E-state index contributed by atoms with van der Waals surface area (Å²) in [5, 5.41) is 4.05. The molecule has 0 aliphatic carbocycles. The van der Waals surface area contributed by atoms with Crippen molar-refractivity contribution in [2.24, 2.45) is 0 Å². The van der Waals surface area contributed by atoms with E-state index in [4.69, 9.17) is 16.3 Å². The Kier molecular flexibility index (Phi) is 6.68. The lowest BCUT2D eigenvalue weighted by molar-refractivity contribution is -0.129. The van der Waals surface area contributed by atoms with Gasteiger partial charge in [0.2, 0.25) is 0 Å². The van der Waals surface area contributed by atoms with Crippen LogP contribution >= 0.6 is 11.6 Å². The van der Waals surface area contributed by atoms with Crippen molar-refractivity contribution >= 4 is 18.1 Å². The first-order valence-electron chi connectivity index (χ1n) is 8.69. The minimum atomic E-state index is -0.345. The number of aryl methyl sites for hydroxylation is 1. The van der Waals surface area contributed by atoms with Crippen LogP contribution in [-0.2, 0) is 16.1 Å². The number of carbonyl (C=O) groups excluding carboxylic acids is 1. The second-order valence-electron chi connectivity index (χ2n) is 6.22. The topological polar surface area (TPSA) is 64.1 Å². The highest BCUT2D eigenvalue weighted by atomic mass is 35.5. The monoisotopic (exact) mass is 399 g/mol. The molecule has 0 radical (unpaired) electrons. The van der Waals surface area contributed by atoms with E-state index in [0.717, 1.165) is 22.4 Å². The number of rotatable bonds is 8. The molecule has 1 unspecified atom stereocenters. The Bertz CT molecular complexity index is 933. The zero-order valence-corrected chi connectivity index (χ0v) is 16.0. The van der Waals surface area contributed by atoms with Gasteiger partial charge in [0.1, 0.15) is 18.8 Å². The zero-order chi connectivity index (χ0) is 19.9. The first-order chi connectivity index (χ1) is 13.6. The van der Waals surface area contributed by atoms with Gasteiger partial charge in [0.05, 0.1) is 11.7 Å². The van der Waals surface area contributed by atoms with Crippen LogP contribution in [0, 0.1) is 12.7 Å². The molecule has 5 nitrogen and oxygen atoms in total. The van der Waals surface area contributed by atoms with Gasteiger partial charge in [-0.15, -0.1) is 0 Å². The van der Waals surface area contributed by atoms with Crippen molar-refractivity contribution in [3.05, 3.63) is 82.5 Å². The fourth-order valence-electron chi connectivity index (χ4n) is 2.96. The van der Waals surface area contributed by atoms with Gasteiger partial charge in [-0.2, -0.15) is 0 Å². The second kappa shape index (κ2) is 9.39. The molecule has 1 aromatic heterocycles. The number of aromatic nitrogens is 2. The van der Waals surface area contributed by atoms with Crippen LogP contribution in [-0.4, -0.2) is 23.0 Å². The van der Waals surface area contributed by atoms with Crippen molar-refractivity contribution in [1.82, 2.24) is 15.3 Å². The van der Waals surface area contributed by atoms with Crippen LogP contribution in [0.25, 0.3) is 11.3 Å². The van der Waals surface area contributed by atoms with Crippen LogP contribution in [0.5, 0.6) is 0 Å². The molecule has 144 valence electrons. The lowest BCUT2D eigenvalue weighted by atomic mass is 9.98. The van der Waals surface area contributed by atoms with E-state index < -0.39 is 0 Å². The Morgan fingerprint density at radius 2 is 1.86 bits per heavy atom. The smallest absolute Gasteiger partial charge is 0.293 e. The van der Waals surface area contributed by atoms with Crippen molar-refractivity contribution < 1.29 is 13.9 Å². The van der Waals surface area contributed by atoms with Gasteiger partial charge in [-0.05, 0) is 48.9 Å². The van der Waals surface area contributed by atoms with Crippen molar-refractivity contribution in [2.75, 3.05) is 6.61 Å². The normalized spacial score (nSPS) is 11.8. The summed E-state index contributed by atoms with van der Waals surface area (Å²) >= 11 is 5.94. The van der Waals surface area contributed by atoms with Crippen LogP contribution in [0.4, 0.5) is 4.39 Å². The molecule has 3 aromatic rings. The van der Waals surface area contributed by atoms with Gasteiger partial charge in [-0.3, -0.25) is 4.79 Å². The lowest BCUT2D eigenvalue weighted by Gasteiger charge is -2.22. The number of benzene rings is 2. The van der Waals surface area contributed by atoms with Gasteiger partial charge in [-0.25, -0.2) is 14.4 Å². The summed E-state index contributed by atoms with van der Waals surface area (Å²) in [6.07, 6.45) is 1.47. The molecule has 0 aliphatic rings. The van der Waals surface area contributed by atoms with E-state index in [1.54, 1.807) is 12.1 Å². The predicted octanol–water partition coefficient (Wildman–Crippen LogP) is 4.25. The van der Waals surface area contributed by atoms with Crippen LogP contribution in [0.15, 0.2) is 54.9 Å². The largest absolute Gasteiger partial charge is 0.466 e. The van der Waals surface area contributed by atoms with Crippen LogP contribution in [0.3, 0.4) is 0 Å². The maximum Gasteiger partial charge on any atom is 0.293 e. The molecular weight excluding hydrogens is 381 g/mol. The molecule has 0 bridgehead atoms. The minimum Gasteiger partial charge on any atom is -0.466 e. The number of ether oxygens (including phenoxy) is 1. The second-order valence-corrected chi connectivity index (χ2v) is 6.65. The summed E-state index contributed by atoms with van der Waals surface area (Å²) < 4.78 is 18.4. The molecule has 0 saturated heterocycles. The molecule has 1 atom stereocenters. The van der Waals surface area contributed by atoms with Crippen LogP contribution in [0.1, 0.15) is 22.9 Å². The first kappa shape index (κ1) is 19.9. The molecule has 0 saturated carbocycles. The van der Waals surface area contributed by atoms with E-state index in [-0.39, 0.29) is 18.5 Å². The van der Waals surface area contributed by atoms with E-state index in [9.17, 15) is 9.18 Å². The van der Waals surface area contributed by atoms with E-state index in [0.29, 0.717) is 23.7 Å². The summed E-state index contributed by atoms with van der Waals surface area (Å²) in [6, 6.07) is 13.2. The molecule has 7 heteroatoms. The molecule has 1 N–H and O–H groups in total. The van der Waals surface area contributed by atoms with Crippen molar-refractivity contribution in [1.29, 1.82) is 0 Å². The highest BCUT2D eigenvalue weighted by molar-refractivity contribution is 6.30. The zero-order valence-electron chi connectivity index (χ0n) is 15.2. The van der Waals surface area contributed by atoms with E-state index in [1.807, 2.05) is 31.2 Å². The third-order valence-electron chi connectivity index (χ3n) is 4.35. The Morgan fingerprint density at radius 3 is 2.54 bits per heavy atom. The van der Waals surface area contributed by atoms with Crippen molar-refractivity contribution in [2.45, 2.75) is 19.5 Å². The summed E-state index contributed by atoms with van der Waals surface area (Å²) in [5.41, 5.74) is 3.99. The summed E-state index contributed by atoms with van der Waals surface area (Å²) in [5.74, 6) is -0.322. The maximum atomic E-state index is 13.3. The quantitative estimate of drug-likeness (QED) is 0.574. The number of hydrogen-bond donors (Lipinski definition) is 1. The Morgan fingerprint density at radius 1 is 1.14 bits per heavy atom. The van der Waals surface area contributed by atoms with Gasteiger partial charge in [0.25, 0.3) is 6.47 Å². The fourth-order valence-corrected chi connectivity index (χ4v) is 3.09. The molecule has 3 rings (SSSR count). The number of nitrogens with zero attached hydrogens (tertiary/aromatic N) is 2. The standard InChI is InChI=1S/C21H19ClFN3O2/c1-14-20(21(26-12-25-14)16-4-8-18(23)9-5-16)19(11-28-13-27)24-10-15-2-6-17(22)7-3-15/h2-9,12-13,19,24H,10-11H2,1H3. The van der Waals surface area contributed by atoms with Gasteiger partial charge in [0.15, 0.2) is 0 Å². The number of carbonyl (C=O) groups is 1. The van der Waals surface area contributed by atoms with E-state index in [2.05, 4.69) is 15.3 Å². The molecule has 0 aliphatic heterocycles. The van der Waals surface area contributed by atoms with Crippen LogP contribution in [0.2, 0.25) is 5.02 Å². The van der Waals surface area contributed by atoms with Crippen LogP contribution < -0.4 is 5.32 Å². The fraction of sp³-hybridized carbons (Fsp3) is 0.190. The SMILES string of the molecule is Cc1ncnc(-c2ccc(F)cc2)c1C(COC=O)NCc1ccc(Cl)cc1. The third-order valence-corrected chi connectivity index (χ3v) is 4.60. The third kappa shape index (κ3) is 4.91. The average molecular weight is 400 g/mol. The molecular formula is C21H19ClFN3O2. The number of hydrogen-bond acceptors (Lipinski definition) is 5. The highest BCUT2D eigenvalue weighted by Crippen LogP contribution is 2.29. The maximum absolute atomic E-state index is 13.3. The van der Waals surface area contributed by atoms with Crippen molar-refractivity contribution in [3.8, 4) is 11.3 Å². The number of halogens is 2. The van der Waals surface area contributed by atoms with E-state index >= 15 is 0 Å². The molecule has 1 heterocycles.